The minimum atomic E-state index is 0.702. The summed E-state index contributed by atoms with van der Waals surface area (Å²) in [7, 11) is 1.82. The molecular weight excluding hydrogens is 286 g/mol. The summed E-state index contributed by atoms with van der Waals surface area (Å²) in [4.78, 5) is 11.2. The molecule has 0 aromatic carbocycles. The van der Waals surface area contributed by atoms with E-state index < -0.39 is 0 Å². The molecule has 2 heterocycles. The number of hydrogen-bond donors (Lipinski definition) is 2. The highest BCUT2D eigenvalue weighted by Crippen LogP contribution is 2.18. The van der Waals surface area contributed by atoms with Crippen LogP contribution in [-0.4, -0.2) is 37.6 Å². The third kappa shape index (κ3) is 6.08. The molecule has 0 aliphatic carbocycles. The number of nitrogens with zero attached hydrogens (tertiary/aromatic N) is 3. The van der Waals surface area contributed by atoms with Crippen molar-refractivity contribution in [3.05, 3.63) is 23.9 Å². The molecule has 0 unspecified atom stereocenters. The summed E-state index contributed by atoms with van der Waals surface area (Å²) < 4.78 is 0. The summed E-state index contributed by atoms with van der Waals surface area (Å²) in [5.41, 5.74) is 1.24. The number of guanidine groups is 1. The molecule has 2 N–H and O–H groups in total. The van der Waals surface area contributed by atoms with E-state index in [-0.39, 0.29) is 0 Å². The normalized spacial score (nSPS) is 15.8. The molecule has 0 spiro atoms. The van der Waals surface area contributed by atoms with E-state index in [9.17, 15) is 0 Å². The molecule has 128 valence electrons. The van der Waals surface area contributed by atoms with Crippen LogP contribution >= 0.6 is 0 Å². The first kappa shape index (κ1) is 17.6. The second-order valence-electron chi connectivity index (χ2n) is 6.61. The van der Waals surface area contributed by atoms with Gasteiger partial charge in [0, 0.05) is 39.4 Å². The van der Waals surface area contributed by atoms with Gasteiger partial charge in [0.05, 0.1) is 0 Å². The van der Waals surface area contributed by atoms with Crippen LogP contribution in [0.25, 0.3) is 0 Å². The van der Waals surface area contributed by atoms with Crippen molar-refractivity contribution < 1.29 is 0 Å². The van der Waals surface area contributed by atoms with E-state index in [0.717, 1.165) is 44.4 Å². The summed E-state index contributed by atoms with van der Waals surface area (Å²) >= 11 is 0. The number of nitrogens with one attached hydrogen (secondary N) is 2. The maximum atomic E-state index is 4.53. The molecule has 1 fully saturated rings. The molecule has 0 radical (unpaired) electrons. The Morgan fingerprint density at radius 3 is 2.74 bits per heavy atom. The second kappa shape index (κ2) is 9.38. The first-order valence-electron chi connectivity index (χ1n) is 8.83. The van der Waals surface area contributed by atoms with Gasteiger partial charge in [0.15, 0.2) is 5.96 Å². The van der Waals surface area contributed by atoms with Crippen molar-refractivity contribution in [1.29, 1.82) is 0 Å². The van der Waals surface area contributed by atoms with E-state index in [1.165, 1.54) is 24.8 Å². The van der Waals surface area contributed by atoms with Crippen molar-refractivity contribution in [1.82, 2.24) is 15.6 Å². The zero-order valence-electron chi connectivity index (χ0n) is 14.8. The van der Waals surface area contributed by atoms with E-state index in [1.54, 1.807) is 0 Å². The number of rotatable bonds is 6. The molecule has 2 rings (SSSR count). The van der Waals surface area contributed by atoms with E-state index in [0.29, 0.717) is 5.92 Å². The van der Waals surface area contributed by atoms with Crippen LogP contribution in [0, 0.1) is 5.92 Å². The van der Waals surface area contributed by atoms with E-state index >= 15 is 0 Å². The van der Waals surface area contributed by atoms with Crippen LogP contribution < -0.4 is 15.5 Å². The van der Waals surface area contributed by atoms with Gasteiger partial charge in [-0.25, -0.2) is 4.98 Å². The summed E-state index contributed by atoms with van der Waals surface area (Å²) in [6.07, 6.45) is 6.95. The Bertz CT molecular complexity index is 492. The molecule has 0 amide bonds. The number of aliphatic imine (C=N–C) groups is 1. The number of aromatic nitrogens is 1. The van der Waals surface area contributed by atoms with Gasteiger partial charge in [-0.1, -0.05) is 13.8 Å². The van der Waals surface area contributed by atoms with Crippen molar-refractivity contribution in [2.75, 3.05) is 31.6 Å². The number of anilines is 1. The van der Waals surface area contributed by atoms with Gasteiger partial charge in [0.25, 0.3) is 0 Å². The lowest BCUT2D eigenvalue weighted by atomic mass is 10.1. The average Bonchev–Trinajstić information content (AvgIpc) is 2.58. The molecule has 5 heteroatoms. The molecule has 0 atom stereocenters. The van der Waals surface area contributed by atoms with Crippen LogP contribution in [0.2, 0.25) is 0 Å². The summed E-state index contributed by atoms with van der Waals surface area (Å²) in [5, 5.41) is 6.74. The van der Waals surface area contributed by atoms with Gasteiger partial charge in [-0.3, -0.25) is 4.99 Å². The number of piperidine rings is 1. The Labute approximate surface area is 140 Å². The van der Waals surface area contributed by atoms with Crippen LogP contribution in [0.5, 0.6) is 0 Å². The zero-order chi connectivity index (χ0) is 16.5. The van der Waals surface area contributed by atoms with Crippen LogP contribution in [0.4, 0.5) is 5.82 Å². The summed E-state index contributed by atoms with van der Waals surface area (Å²) in [6, 6.07) is 4.27. The van der Waals surface area contributed by atoms with Crippen LogP contribution in [0.15, 0.2) is 23.3 Å². The lowest BCUT2D eigenvalue weighted by molar-refractivity contribution is 0.572. The second-order valence-corrected chi connectivity index (χ2v) is 6.61. The fourth-order valence-corrected chi connectivity index (χ4v) is 2.75. The molecule has 23 heavy (non-hydrogen) atoms. The van der Waals surface area contributed by atoms with Crippen molar-refractivity contribution in [2.24, 2.45) is 10.9 Å². The Balaban J connectivity index is 1.84. The van der Waals surface area contributed by atoms with Crippen molar-refractivity contribution in [3.8, 4) is 0 Å². The van der Waals surface area contributed by atoms with E-state index in [1.807, 2.05) is 13.2 Å². The molecule has 1 aliphatic rings. The smallest absolute Gasteiger partial charge is 0.191 e. The molecule has 5 nitrogen and oxygen atoms in total. The first-order valence-corrected chi connectivity index (χ1v) is 8.83. The lowest BCUT2D eigenvalue weighted by Crippen LogP contribution is -2.37. The van der Waals surface area contributed by atoms with Gasteiger partial charge < -0.3 is 15.5 Å². The third-order valence-electron chi connectivity index (χ3n) is 4.19. The molecular formula is C18H31N5. The predicted octanol–water partition coefficient (Wildman–Crippen LogP) is 2.78. The molecule has 1 saturated heterocycles. The van der Waals surface area contributed by atoms with Gasteiger partial charge >= 0.3 is 0 Å². The number of hydrogen-bond acceptors (Lipinski definition) is 3. The highest BCUT2D eigenvalue weighted by atomic mass is 15.2. The average molecular weight is 317 g/mol. The first-order chi connectivity index (χ1) is 11.2. The SMILES string of the molecule is CN=C(NCCC(C)C)NCc1ccnc(N2CCCCC2)c1. The maximum absolute atomic E-state index is 4.53. The Hall–Kier alpha value is -1.78. The molecule has 0 bridgehead atoms. The highest BCUT2D eigenvalue weighted by Gasteiger charge is 2.12. The lowest BCUT2D eigenvalue weighted by Gasteiger charge is -2.28. The molecule has 1 aromatic rings. The van der Waals surface area contributed by atoms with Gasteiger partial charge in [-0.05, 0) is 49.3 Å². The third-order valence-corrected chi connectivity index (χ3v) is 4.19. The molecule has 1 aromatic heterocycles. The van der Waals surface area contributed by atoms with Crippen molar-refractivity contribution in [3.63, 3.8) is 0 Å². The topological polar surface area (TPSA) is 52.6 Å². The summed E-state index contributed by atoms with van der Waals surface area (Å²) in [5.74, 6) is 2.67. The Kier molecular flexibility index (Phi) is 7.17. The van der Waals surface area contributed by atoms with Gasteiger partial charge in [-0.15, -0.1) is 0 Å². The monoisotopic (exact) mass is 317 g/mol. The van der Waals surface area contributed by atoms with Gasteiger partial charge in [-0.2, -0.15) is 0 Å². The minimum absolute atomic E-state index is 0.702. The molecule has 0 saturated carbocycles. The van der Waals surface area contributed by atoms with Crippen LogP contribution in [0.3, 0.4) is 0 Å². The van der Waals surface area contributed by atoms with E-state index in [2.05, 4.69) is 51.5 Å². The maximum Gasteiger partial charge on any atom is 0.191 e. The summed E-state index contributed by atoms with van der Waals surface area (Å²) in [6.45, 7) is 8.44. The fourth-order valence-electron chi connectivity index (χ4n) is 2.75. The van der Waals surface area contributed by atoms with Crippen molar-refractivity contribution in [2.45, 2.75) is 46.1 Å². The number of pyridine rings is 1. The Morgan fingerprint density at radius 1 is 1.26 bits per heavy atom. The van der Waals surface area contributed by atoms with Gasteiger partial charge in [0.2, 0.25) is 0 Å². The van der Waals surface area contributed by atoms with Gasteiger partial charge in [0.1, 0.15) is 5.82 Å². The predicted molar refractivity (Wildman–Crippen MR) is 98.0 cm³/mol. The quantitative estimate of drug-likeness (QED) is 0.626. The highest BCUT2D eigenvalue weighted by molar-refractivity contribution is 5.79. The Morgan fingerprint density at radius 2 is 2.04 bits per heavy atom. The largest absolute Gasteiger partial charge is 0.357 e. The van der Waals surface area contributed by atoms with Crippen LogP contribution in [0.1, 0.15) is 45.1 Å². The zero-order valence-corrected chi connectivity index (χ0v) is 14.8. The minimum Gasteiger partial charge on any atom is -0.357 e. The van der Waals surface area contributed by atoms with E-state index in [4.69, 9.17) is 0 Å². The standard InChI is InChI=1S/C18H31N5/c1-15(2)7-9-21-18(19-3)22-14-16-8-10-20-17(13-16)23-11-5-4-6-12-23/h8,10,13,15H,4-7,9,11-12,14H2,1-3H3,(H2,19,21,22). The molecule has 1 aliphatic heterocycles. The van der Waals surface area contributed by atoms with Crippen molar-refractivity contribution >= 4 is 11.8 Å². The fraction of sp³-hybridized carbons (Fsp3) is 0.667. The van der Waals surface area contributed by atoms with Crippen LogP contribution in [-0.2, 0) is 6.54 Å².